The molecule has 1 aromatic carbocycles. The number of halogens is 1. The van der Waals surface area contributed by atoms with Crippen molar-refractivity contribution in [2.45, 2.75) is 11.3 Å². The summed E-state index contributed by atoms with van der Waals surface area (Å²) in [5.74, 6) is 0. The van der Waals surface area contributed by atoms with Crippen LogP contribution in [0.3, 0.4) is 0 Å². The fourth-order valence-electron chi connectivity index (χ4n) is 1.23. The molecule has 1 rings (SSSR count). The van der Waals surface area contributed by atoms with Crippen LogP contribution in [0.15, 0.2) is 27.6 Å². The average Bonchev–Trinajstić information content (AvgIpc) is 2.28. The van der Waals surface area contributed by atoms with Gasteiger partial charge in [-0.05, 0) is 40.5 Å². The molecule has 0 radical (unpaired) electrons. The molecule has 0 amide bonds. The summed E-state index contributed by atoms with van der Waals surface area (Å²) < 4.78 is 31.7. The number of sulfonamides is 1. The molecule has 17 heavy (non-hydrogen) atoms. The maximum Gasteiger partial charge on any atom is 0.241 e. The highest BCUT2D eigenvalue weighted by atomic mass is 79.9. The summed E-state index contributed by atoms with van der Waals surface area (Å²) in [5.41, 5.74) is 5.98. The lowest BCUT2D eigenvalue weighted by Gasteiger charge is -2.08. The lowest BCUT2D eigenvalue weighted by molar-refractivity contribution is 0.196. The molecule has 0 atom stereocenters. The van der Waals surface area contributed by atoms with Gasteiger partial charge in [0.25, 0.3) is 0 Å². The number of anilines is 1. The fraction of sp³-hybridized carbons (Fsp3) is 0.400. The van der Waals surface area contributed by atoms with Crippen LogP contribution in [-0.2, 0) is 14.8 Å². The van der Waals surface area contributed by atoms with E-state index >= 15 is 0 Å². The van der Waals surface area contributed by atoms with E-state index in [0.717, 1.165) is 0 Å². The molecular formula is C10H15BrN2O3S. The van der Waals surface area contributed by atoms with Gasteiger partial charge in [0, 0.05) is 30.4 Å². The quantitative estimate of drug-likeness (QED) is 0.611. The van der Waals surface area contributed by atoms with Gasteiger partial charge in [-0.15, -0.1) is 0 Å². The number of nitrogens with two attached hydrogens (primary N) is 1. The van der Waals surface area contributed by atoms with E-state index in [2.05, 4.69) is 20.7 Å². The predicted octanol–water partition coefficient (Wildman–Crippen LogP) is 1.35. The highest BCUT2D eigenvalue weighted by Crippen LogP contribution is 2.23. The summed E-state index contributed by atoms with van der Waals surface area (Å²) in [6.07, 6.45) is 0.621. The van der Waals surface area contributed by atoms with Crippen LogP contribution in [0.5, 0.6) is 0 Å². The van der Waals surface area contributed by atoms with Gasteiger partial charge in [0.15, 0.2) is 0 Å². The molecule has 0 unspecified atom stereocenters. The van der Waals surface area contributed by atoms with Crippen LogP contribution in [0.1, 0.15) is 6.42 Å². The summed E-state index contributed by atoms with van der Waals surface area (Å²) in [6.45, 7) is 0.845. The van der Waals surface area contributed by atoms with Crippen LogP contribution in [0.4, 0.5) is 5.69 Å². The zero-order valence-electron chi connectivity index (χ0n) is 9.44. The Morgan fingerprint density at radius 2 is 2.18 bits per heavy atom. The first-order valence-electron chi connectivity index (χ1n) is 5.01. The zero-order chi connectivity index (χ0) is 12.9. The van der Waals surface area contributed by atoms with E-state index in [1.54, 1.807) is 19.2 Å². The van der Waals surface area contributed by atoms with Gasteiger partial charge >= 0.3 is 0 Å². The molecule has 0 bridgehead atoms. The summed E-state index contributed by atoms with van der Waals surface area (Å²) in [5, 5.41) is 0. The third-order valence-corrected chi connectivity index (χ3v) is 4.52. The van der Waals surface area contributed by atoms with Gasteiger partial charge in [-0.2, -0.15) is 0 Å². The minimum Gasteiger partial charge on any atom is -0.399 e. The first kappa shape index (κ1) is 14.4. The molecule has 0 aliphatic heterocycles. The van der Waals surface area contributed by atoms with E-state index in [4.69, 9.17) is 10.5 Å². The van der Waals surface area contributed by atoms with Crippen LogP contribution in [0, 0.1) is 0 Å². The minimum atomic E-state index is -3.53. The lowest BCUT2D eigenvalue weighted by atomic mass is 10.3. The van der Waals surface area contributed by atoms with E-state index in [1.807, 2.05) is 0 Å². The highest BCUT2D eigenvalue weighted by molar-refractivity contribution is 9.10. The van der Waals surface area contributed by atoms with Crippen molar-refractivity contribution in [3.8, 4) is 0 Å². The summed E-state index contributed by atoms with van der Waals surface area (Å²) >= 11 is 3.19. The standard InChI is InChI=1S/C10H15BrN2O3S/c1-16-6-2-5-13-17(14,15)10-7-8(12)3-4-9(10)11/h3-4,7,13H,2,5-6,12H2,1H3. The van der Waals surface area contributed by atoms with Crippen molar-refractivity contribution in [2.75, 3.05) is 26.0 Å². The van der Waals surface area contributed by atoms with E-state index in [-0.39, 0.29) is 4.90 Å². The Morgan fingerprint density at radius 1 is 1.47 bits per heavy atom. The zero-order valence-corrected chi connectivity index (χ0v) is 11.8. The van der Waals surface area contributed by atoms with Gasteiger partial charge in [-0.1, -0.05) is 0 Å². The van der Waals surface area contributed by atoms with Gasteiger partial charge in [0.05, 0.1) is 4.90 Å². The van der Waals surface area contributed by atoms with Crippen molar-refractivity contribution < 1.29 is 13.2 Å². The van der Waals surface area contributed by atoms with Crippen molar-refractivity contribution >= 4 is 31.6 Å². The summed E-state index contributed by atoms with van der Waals surface area (Å²) in [7, 11) is -1.95. The van der Waals surface area contributed by atoms with Crippen LogP contribution in [0.25, 0.3) is 0 Å². The maximum atomic E-state index is 11.9. The number of methoxy groups -OCH3 is 1. The Balaban J connectivity index is 2.79. The van der Waals surface area contributed by atoms with Crippen molar-refractivity contribution in [1.29, 1.82) is 0 Å². The summed E-state index contributed by atoms with van der Waals surface area (Å²) in [4.78, 5) is 0.148. The third kappa shape index (κ3) is 4.27. The van der Waals surface area contributed by atoms with Crippen molar-refractivity contribution in [3.05, 3.63) is 22.7 Å². The number of hydrogen-bond donors (Lipinski definition) is 2. The molecule has 0 fully saturated rings. The van der Waals surface area contributed by atoms with Crippen LogP contribution < -0.4 is 10.5 Å². The van der Waals surface area contributed by atoms with Gasteiger partial charge in [0.1, 0.15) is 0 Å². The van der Waals surface area contributed by atoms with E-state index < -0.39 is 10.0 Å². The molecule has 0 saturated carbocycles. The van der Waals surface area contributed by atoms with Gasteiger partial charge < -0.3 is 10.5 Å². The molecule has 0 spiro atoms. The highest BCUT2D eigenvalue weighted by Gasteiger charge is 2.17. The molecule has 5 nitrogen and oxygen atoms in total. The Bertz CT molecular complexity index is 476. The Labute approximate surface area is 110 Å². The molecule has 0 saturated heterocycles. The predicted molar refractivity (Wildman–Crippen MR) is 70.2 cm³/mol. The number of hydrogen-bond acceptors (Lipinski definition) is 4. The SMILES string of the molecule is COCCCNS(=O)(=O)c1cc(N)ccc1Br. The van der Waals surface area contributed by atoms with Crippen molar-refractivity contribution in [3.63, 3.8) is 0 Å². The van der Waals surface area contributed by atoms with Gasteiger partial charge in [-0.25, -0.2) is 13.1 Å². The molecule has 0 aromatic heterocycles. The third-order valence-electron chi connectivity index (χ3n) is 2.06. The van der Waals surface area contributed by atoms with Crippen LogP contribution in [0.2, 0.25) is 0 Å². The Morgan fingerprint density at radius 3 is 2.82 bits per heavy atom. The molecule has 3 N–H and O–H groups in total. The van der Waals surface area contributed by atoms with Crippen molar-refractivity contribution in [2.24, 2.45) is 0 Å². The Hall–Kier alpha value is -0.630. The first-order chi connectivity index (χ1) is 7.97. The topological polar surface area (TPSA) is 81.4 Å². The largest absolute Gasteiger partial charge is 0.399 e. The van der Waals surface area contributed by atoms with Crippen LogP contribution in [-0.4, -0.2) is 28.7 Å². The second kappa shape index (κ2) is 6.34. The Kier molecular flexibility index (Phi) is 5.38. The lowest BCUT2D eigenvalue weighted by Crippen LogP contribution is -2.26. The average molecular weight is 323 g/mol. The smallest absolute Gasteiger partial charge is 0.241 e. The number of ether oxygens (including phenoxy) is 1. The molecule has 96 valence electrons. The van der Waals surface area contributed by atoms with E-state index in [1.165, 1.54) is 6.07 Å². The summed E-state index contributed by atoms with van der Waals surface area (Å²) in [6, 6.07) is 4.66. The van der Waals surface area contributed by atoms with Gasteiger partial charge in [0.2, 0.25) is 10.0 Å². The van der Waals surface area contributed by atoms with Gasteiger partial charge in [-0.3, -0.25) is 0 Å². The number of nitrogens with one attached hydrogen (secondary N) is 1. The second-order valence-corrected chi connectivity index (χ2v) is 6.02. The first-order valence-corrected chi connectivity index (χ1v) is 7.28. The molecule has 7 heteroatoms. The molecule has 0 aliphatic carbocycles. The van der Waals surface area contributed by atoms with Crippen LogP contribution >= 0.6 is 15.9 Å². The normalized spacial score (nSPS) is 11.6. The second-order valence-electron chi connectivity index (χ2n) is 3.43. The fourth-order valence-corrected chi connectivity index (χ4v) is 3.30. The molecule has 1 aromatic rings. The molecular weight excluding hydrogens is 308 g/mol. The minimum absolute atomic E-state index is 0.148. The molecule has 0 aliphatic rings. The number of rotatable bonds is 6. The van der Waals surface area contributed by atoms with E-state index in [9.17, 15) is 8.42 Å². The molecule has 0 heterocycles. The van der Waals surface area contributed by atoms with E-state index in [0.29, 0.717) is 29.7 Å². The van der Waals surface area contributed by atoms with Crippen molar-refractivity contribution in [1.82, 2.24) is 4.72 Å². The maximum absolute atomic E-state index is 11.9. The number of nitrogen functional groups attached to an aromatic ring is 1. The number of benzene rings is 1. The monoisotopic (exact) mass is 322 g/mol.